The van der Waals surface area contributed by atoms with Gasteiger partial charge in [0.05, 0.1) is 23.0 Å². The first-order valence-electron chi connectivity index (χ1n) is 8.05. The Morgan fingerprint density at radius 3 is 2.68 bits per heavy atom. The van der Waals surface area contributed by atoms with Crippen molar-refractivity contribution in [2.75, 3.05) is 12.1 Å². The van der Waals surface area contributed by atoms with E-state index in [1.165, 1.54) is 5.56 Å². The molecular weight excluding hydrogens is 332 g/mol. The van der Waals surface area contributed by atoms with Crippen LogP contribution in [0.1, 0.15) is 18.9 Å². The molecule has 0 fully saturated rings. The number of aromatic nitrogens is 1. The number of methoxy groups -OCH3 is 1. The maximum absolute atomic E-state index is 5.28. The van der Waals surface area contributed by atoms with Crippen molar-refractivity contribution in [2.45, 2.75) is 20.3 Å². The van der Waals surface area contributed by atoms with Crippen LogP contribution >= 0.6 is 11.3 Å². The van der Waals surface area contributed by atoms with Crippen LogP contribution in [-0.4, -0.2) is 23.6 Å². The standard InChI is InChI=1S/C19H18N4OS/c1-12-4-6-14(7-5-12)23-18(10-13(2)22-23)21-19-20-16-9-8-15(24-3)11-17(16)25-19/h4-9,11H,10H2,1-3H3/b21-18+. The van der Waals surface area contributed by atoms with E-state index in [2.05, 4.69) is 41.3 Å². The number of thiazole rings is 1. The van der Waals surface area contributed by atoms with Crippen LogP contribution in [0.25, 0.3) is 10.2 Å². The molecule has 25 heavy (non-hydrogen) atoms. The van der Waals surface area contributed by atoms with Gasteiger partial charge in [0.25, 0.3) is 0 Å². The van der Waals surface area contributed by atoms with Gasteiger partial charge in [-0.2, -0.15) is 5.10 Å². The van der Waals surface area contributed by atoms with Gasteiger partial charge in [0.15, 0.2) is 0 Å². The van der Waals surface area contributed by atoms with E-state index >= 15 is 0 Å². The van der Waals surface area contributed by atoms with Gasteiger partial charge in [-0.25, -0.2) is 15.0 Å². The zero-order valence-corrected chi connectivity index (χ0v) is 15.2. The molecule has 2 heterocycles. The maximum atomic E-state index is 5.28. The quantitative estimate of drug-likeness (QED) is 0.673. The molecule has 1 aliphatic rings. The first-order chi connectivity index (χ1) is 12.1. The predicted molar refractivity (Wildman–Crippen MR) is 105 cm³/mol. The van der Waals surface area contributed by atoms with Gasteiger partial charge in [0.1, 0.15) is 11.6 Å². The fourth-order valence-electron chi connectivity index (χ4n) is 2.73. The van der Waals surface area contributed by atoms with Gasteiger partial charge in [-0.1, -0.05) is 29.0 Å². The third-order valence-corrected chi connectivity index (χ3v) is 4.93. The predicted octanol–water partition coefficient (Wildman–Crippen LogP) is 4.93. The Bertz CT molecular complexity index is 988. The third kappa shape index (κ3) is 3.13. The Kier molecular flexibility index (Phi) is 3.97. The summed E-state index contributed by atoms with van der Waals surface area (Å²) in [5, 5.41) is 7.26. The average molecular weight is 350 g/mol. The molecule has 0 bridgehead atoms. The van der Waals surface area contributed by atoms with Crippen molar-refractivity contribution in [1.82, 2.24) is 4.98 Å². The summed E-state index contributed by atoms with van der Waals surface area (Å²) in [6, 6.07) is 14.2. The number of anilines is 1. The summed E-state index contributed by atoms with van der Waals surface area (Å²) in [6.07, 6.45) is 0.729. The van der Waals surface area contributed by atoms with E-state index in [0.717, 1.165) is 44.8 Å². The fraction of sp³-hybridized carbons (Fsp3) is 0.211. The molecular formula is C19H18N4OS. The molecule has 0 spiro atoms. The number of hydrazone groups is 1. The van der Waals surface area contributed by atoms with E-state index in [4.69, 9.17) is 9.73 Å². The zero-order chi connectivity index (χ0) is 17.4. The molecule has 6 heteroatoms. The van der Waals surface area contributed by atoms with Crippen molar-refractivity contribution in [3.8, 4) is 5.75 Å². The van der Waals surface area contributed by atoms with E-state index in [1.807, 2.05) is 30.1 Å². The van der Waals surface area contributed by atoms with E-state index in [1.54, 1.807) is 18.4 Å². The number of aliphatic imine (C=N–C) groups is 1. The van der Waals surface area contributed by atoms with Crippen LogP contribution < -0.4 is 9.75 Å². The van der Waals surface area contributed by atoms with Crippen LogP contribution in [0.3, 0.4) is 0 Å². The first-order valence-corrected chi connectivity index (χ1v) is 8.87. The van der Waals surface area contributed by atoms with Gasteiger partial charge in [-0.05, 0) is 44.2 Å². The Morgan fingerprint density at radius 2 is 1.92 bits per heavy atom. The van der Waals surface area contributed by atoms with Gasteiger partial charge in [-0.15, -0.1) is 0 Å². The van der Waals surface area contributed by atoms with Crippen LogP contribution in [0, 0.1) is 6.92 Å². The van der Waals surface area contributed by atoms with E-state index in [0.29, 0.717) is 0 Å². The van der Waals surface area contributed by atoms with Crippen molar-refractivity contribution >= 4 is 43.9 Å². The number of fused-ring (bicyclic) bond motifs is 1. The highest BCUT2D eigenvalue weighted by Gasteiger charge is 2.21. The molecule has 126 valence electrons. The Morgan fingerprint density at radius 1 is 1.12 bits per heavy atom. The summed E-state index contributed by atoms with van der Waals surface area (Å²) >= 11 is 1.56. The van der Waals surface area contributed by atoms with Gasteiger partial charge in [0, 0.05) is 12.1 Å². The van der Waals surface area contributed by atoms with Crippen LogP contribution in [0.5, 0.6) is 5.75 Å². The minimum atomic E-state index is 0.729. The summed E-state index contributed by atoms with van der Waals surface area (Å²) in [5.74, 6) is 1.73. The van der Waals surface area contributed by atoms with E-state index < -0.39 is 0 Å². The first kappa shape index (κ1) is 15.8. The lowest BCUT2D eigenvalue weighted by atomic mass is 10.2. The highest BCUT2D eigenvalue weighted by atomic mass is 32.1. The Labute approximate surface area is 150 Å². The summed E-state index contributed by atoms with van der Waals surface area (Å²) in [6.45, 7) is 4.10. The monoisotopic (exact) mass is 350 g/mol. The molecule has 1 aromatic heterocycles. The highest BCUT2D eigenvalue weighted by molar-refractivity contribution is 7.22. The van der Waals surface area contributed by atoms with Gasteiger partial charge in [0.2, 0.25) is 5.13 Å². The normalized spacial score (nSPS) is 15.9. The summed E-state index contributed by atoms with van der Waals surface area (Å²) < 4.78 is 6.35. The van der Waals surface area contributed by atoms with Crippen molar-refractivity contribution in [1.29, 1.82) is 0 Å². The van der Waals surface area contributed by atoms with Crippen LogP contribution in [0.2, 0.25) is 0 Å². The molecule has 0 N–H and O–H groups in total. The number of benzene rings is 2. The summed E-state index contributed by atoms with van der Waals surface area (Å²) in [7, 11) is 1.67. The molecule has 4 rings (SSSR count). The smallest absolute Gasteiger partial charge is 0.212 e. The zero-order valence-electron chi connectivity index (χ0n) is 14.4. The number of rotatable bonds is 3. The minimum absolute atomic E-state index is 0.729. The average Bonchev–Trinajstić information content (AvgIpc) is 3.17. The lowest BCUT2D eigenvalue weighted by Crippen LogP contribution is -2.19. The van der Waals surface area contributed by atoms with Gasteiger partial charge < -0.3 is 4.74 Å². The van der Waals surface area contributed by atoms with Crippen LogP contribution in [0.15, 0.2) is 52.6 Å². The van der Waals surface area contributed by atoms with Crippen molar-refractivity contribution in [2.24, 2.45) is 10.1 Å². The largest absolute Gasteiger partial charge is 0.497 e. The number of hydrogen-bond donors (Lipinski definition) is 0. The molecule has 2 aromatic carbocycles. The Balaban J connectivity index is 1.70. The molecule has 0 radical (unpaired) electrons. The van der Waals surface area contributed by atoms with Crippen molar-refractivity contribution in [3.05, 3.63) is 48.0 Å². The maximum Gasteiger partial charge on any atom is 0.212 e. The van der Waals surface area contributed by atoms with Crippen LogP contribution in [0.4, 0.5) is 10.8 Å². The minimum Gasteiger partial charge on any atom is -0.497 e. The molecule has 0 saturated heterocycles. The summed E-state index contributed by atoms with van der Waals surface area (Å²) in [5.41, 5.74) is 4.22. The lowest BCUT2D eigenvalue weighted by molar-refractivity contribution is 0.415. The number of ether oxygens (including phenoxy) is 1. The number of amidine groups is 1. The van der Waals surface area contributed by atoms with Gasteiger partial charge >= 0.3 is 0 Å². The molecule has 0 amide bonds. The van der Waals surface area contributed by atoms with Crippen molar-refractivity contribution in [3.63, 3.8) is 0 Å². The molecule has 0 unspecified atom stereocenters. The van der Waals surface area contributed by atoms with E-state index in [-0.39, 0.29) is 0 Å². The number of hydrogen-bond acceptors (Lipinski definition) is 5. The number of aryl methyl sites for hydroxylation is 1. The molecule has 3 aromatic rings. The SMILES string of the molecule is COc1ccc2nc(/N=C3\CC(C)=NN3c3ccc(C)cc3)sc2c1. The lowest BCUT2D eigenvalue weighted by Gasteiger charge is -2.15. The molecule has 0 saturated carbocycles. The topological polar surface area (TPSA) is 50.1 Å². The Hall–Kier alpha value is -2.73. The number of nitrogens with zero attached hydrogens (tertiary/aromatic N) is 4. The fourth-order valence-corrected chi connectivity index (χ4v) is 3.61. The third-order valence-electron chi connectivity index (χ3n) is 4.02. The molecule has 0 atom stereocenters. The van der Waals surface area contributed by atoms with Crippen LogP contribution in [-0.2, 0) is 0 Å². The summed E-state index contributed by atoms with van der Waals surface area (Å²) in [4.78, 5) is 9.39. The second-order valence-electron chi connectivity index (χ2n) is 6.02. The molecule has 5 nitrogen and oxygen atoms in total. The second kappa shape index (κ2) is 6.29. The second-order valence-corrected chi connectivity index (χ2v) is 7.03. The molecule has 0 aliphatic carbocycles. The van der Waals surface area contributed by atoms with Crippen molar-refractivity contribution < 1.29 is 4.74 Å². The highest BCUT2D eigenvalue weighted by Crippen LogP contribution is 2.32. The van der Waals surface area contributed by atoms with E-state index in [9.17, 15) is 0 Å². The van der Waals surface area contributed by atoms with Gasteiger partial charge in [-0.3, -0.25) is 0 Å². The molecule has 1 aliphatic heterocycles.